The van der Waals surface area contributed by atoms with Crippen LogP contribution in [-0.2, 0) is 0 Å². The molecular weight excluding hydrogens is 396 g/mol. The first-order chi connectivity index (χ1) is 14.5. The Morgan fingerprint density at radius 2 is 1.83 bits per heavy atom. The molecule has 1 saturated carbocycles. The highest BCUT2D eigenvalue weighted by molar-refractivity contribution is 7.13. The number of thiazole rings is 1. The number of fused-ring (bicyclic) bond motifs is 1. The van der Waals surface area contributed by atoms with Crippen LogP contribution >= 0.6 is 11.3 Å². The standard InChI is InChI=1S/C23H26N4O2S/c1-14-20(30-15(2)24-14)23(29)26-13-7-12-19(26)21-25-18-11-6-5-10-17(18)22(28)27(21)16-8-3-4-9-16/h5-6,10-11,16,19H,3-4,7-9,12-13H2,1-2H3. The van der Waals surface area contributed by atoms with Gasteiger partial charge in [0.1, 0.15) is 10.7 Å². The molecule has 6 nitrogen and oxygen atoms in total. The summed E-state index contributed by atoms with van der Waals surface area (Å²) in [6.07, 6.45) is 6.02. The summed E-state index contributed by atoms with van der Waals surface area (Å²) in [7, 11) is 0. The molecule has 1 aliphatic carbocycles. The number of likely N-dealkylation sites (tertiary alicyclic amines) is 1. The van der Waals surface area contributed by atoms with Crippen molar-refractivity contribution in [2.45, 2.75) is 64.5 Å². The fourth-order valence-electron chi connectivity index (χ4n) is 5.05. The summed E-state index contributed by atoms with van der Waals surface area (Å²) in [6, 6.07) is 7.58. The Morgan fingerprint density at radius 3 is 2.57 bits per heavy atom. The van der Waals surface area contributed by atoms with Crippen LogP contribution in [0.2, 0.25) is 0 Å². The summed E-state index contributed by atoms with van der Waals surface area (Å²) in [5.74, 6) is 0.774. The smallest absolute Gasteiger partial charge is 0.266 e. The third-order valence-corrected chi connectivity index (χ3v) is 7.50. The molecule has 2 aromatic heterocycles. The van der Waals surface area contributed by atoms with Gasteiger partial charge in [-0.15, -0.1) is 11.3 Å². The molecule has 0 bridgehead atoms. The molecule has 0 N–H and O–H groups in total. The molecule has 1 aromatic carbocycles. The van der Waals surface area contributed by atoms with E-state index >= 15 is 0 Å². The summed E-state index contributed by atoms with van der Waals surface area (Å²) in [6.45, 7) is 4.51. The van der Waals surface area contributed by atoms with Crippen molar-refractivity contribution >= 4 is 28.1 Å². The molecule has 2 fully saturated rings. The highest BCUT2D eigenvalue weighted by Crippen LogP contribution is 2.37. The average molecular weight is 423 g/mol. The van der Waals surface area contributed by atoms with Crippen molar-refractivity contribution in [1.29, 1.82) is 0 Å². The van der Waals surface area contributed by atoms with Crippen LogP contribution in [0.5, 0.6) is 0 Å². The fourth-order valence-corrected chi connectivity index (χ4v) is 5.93. The summed E-state index contributed by atoms with van der Waals surface area (Å²) in [5, 5.41) is 1.57. The Balaban J connectivity index is 1.64. The third kappa shape index (κ3) is 3.16. The summed E-state index contributed by atoms with van der Waals surface area (Å²) < 4.78 is 1.93. The normalized spacial score (nSPS) is 19.8. The monoisotopic (exact) mass is 422 g/mol. The molecule has 3 aromatic rings. The summed E-state index contributed by atoms with van der Waals surface area (Å²) in [5.41, 5.74) is 1.54. The van der Waals surface area contributed by atoms with Crippen LogP contribution in [0.15, 0.2) is 29.1 Å². The number of rotatable bonds is 3. The van der Waals surface area contributed by atoms with E-state index < -0.39 is 0 Å². The van der Waals surface area contributed by atoms with E-state index in [9.17, 15) is 9.59 Å². The van der Waals surface area contributed by atoms with Crippen molar-refractivity contribution in [1.82, 2.24) is 19.4 Å². The molecule has 3 heterocycles. The SMILES string of the molecule is Cc1nc(C)c(C(=O)N2CCCC2c2nc3ccccc3c(=O)n2C2CCCC2)s1. The van der Waals surface area contributed by atoms with Crippen molar-refractivity contribution in [3.05, 3.63) is 56.0 Å². The van der Waals surface area contributed by atoms with E-state index in [1.165, 1.54) is 11.3 Å². The number of aryl methyl sites for hydroxylation is 2. The lowest BCUT2D eigenvalue weighted by atomic mass is 10.1. The van der Waals surface area contributed by atoms with Gasteiger partial charge in [-0.05, 0) is 51.7 Å². The van der Waals surface area contributed by atoms with Gasteiger partial charge in [0.25, 0.3) is 11.5 Å². The topological polar surface area (TPSA) is 68.1 Å². The van der Waals surface area contributed by atoms with Gasteiger partial charge >= 0.3 is 0 Å². The second kappa shape index (κ2) is 7.61. The molecule has 1 unspecified atom stereocenters. The molecule has 1 amide bonds. The highest BCUT2D eigenvalue weighted by atomic mass is 32.1. The lowest BCUT2D eigenvalue weighted by molar-refractivity contribution is 0.0729. The van der Waals surface area contributed by atoms with Crippen molar-refractivity contribution < 1.29 is 4.79 Å². The van der Waals surface area contributed by atoms with Gasteiger partial charge in [-0.25, -0.2) is 9.97 Å². The first-order valence-electron chi connectivity index (χ1n) is 10.8. The van der Waals surface area contributed by atoms with E-state index in [2.05, 4.69) is 4.98 Å². The zero-order valence-corrected chi connectivity index (χ0v) is 18.2. The van der Waals surface area contributed by atoms with Gasteiger partial charge < -0.3 is 4.90 Å². The van der Waals surface area contributed by atoms with Crippen LogP contribution in [0.25, 0.3) is 10.9 Å². The first-order valence-corrected chi connectivity index (χ1v) is 11.6. The first kappa shape index (κ1) is 19.4. The Bertz CT molecular complexity index is 1180. The van der Waals surface area contributed by atoms with E-state index in [0.29, 0.717) is 16.8 Å². The lowest BCUT2D eigenvalue weighted by Crippen LogP contribution is -2.36. The number of amides is 1. The Labute approximate surface area is 179 Å². The third-order valence-electron chi connectivity index (χ3n) is 6.43. The maximum absolute atomic E-state index is 13.5. The fraction of sp³-hybridized carbons (Fsp3) is 0.478. The van der Waals surface area contributed by atoms with Gasteiger partial charge in [0, 0.05) is 12.6 Å². The van der Waals surface area contributed by atoms with E-state index in [4.69, 9.17) is 4.98 Å². The maximum Gasteiger partial charge on any atom is 0.266 e. The minimum Gasteiger partial charge on any atom is -0.328 e. The molecule has 1 aliphatic heterocycles. The molecular formula is C23H26N4O2S. The van der Waals surface area contributed by atoms with E-state index in [1.54, 1.807) is 0 Å². The molecule has 0 spiro atoms. The average Bonchev–Trinajstić information content (AvgIpc) is 3.48. The van der Waals surface area contributed by atoms with Gasteiger partial charge in [0.05, 0.1) is 27.6 Å². The molecule has 156 valence electrons. The second-order valence-corrected chi connectivity index (χ2v) is 9.61. The predicted molar refractivity (Wildman–Crippen MR) is 118 cm³/mol. The molecule has 7 heteroatoms. The van der Waals surface area contributed by atoms with Crippen molar-refractivity contribution in [3.63, 3.8) is 0 Å². The van der Waals surface area contributed by atoms with Crippen LogP contribution < -0.4 is 5.56 Å². The van der Waals surface area contributed by atoms with Gasteiger partial charge in [-0.3, -0.25) is 14.2 Å². The molecule has 5 rings (SSSR count). The molecule has 2 aliphatic rings. The number of carbonyl (C=O) groups is 1. The van der Waals surface area contributed by atoms with Gasteiger partial charge in [-0.1, -0.05) is 25.0 Å². The summed E-state index contributed by atoms with van der Waals surface area (Å²) in [4.78, 5) is 39.0. The lowest BCUT2D eigenvalue weighted by Gasteiger charge is -2.28. The van der Waals surface area contributed by atoms with E-state index in [-0.39, 0.29) is 23.6 Å². The molecule has 0 radical (unpaired) electrons. The zero-order chi connectivity index (χ0) is 20.8. The summed E-state index contributed by atoms with van der Waals surface area (Å²) >= 11 is 1.45. The number of carbonyl (C=O) groups excluding carboxylic acids is 1. The second-order valence-electron chi connectivity index (χ2n) is 8.40. The maximum atomic E-state index is 13.5. The largest absolute Gasteiger partial charge is 0.328 e. The zero-order valence-electron chi connectivity index (χ0n) is 17.4. The quantitative estimate of drug-likeness (QED) is 0.620. The van der Waals surface area contributed by atoms with Gasteiger partial charge in [0.15, 0.2) is 0 Å². The number of benzene rings is 1. The van der Waals surface area contributed by atoms with E-state index in [1.807, 2.05) is 47.6 Å². The van der Waals surface area contributed by atoms with Gasteiger partial charge in [-0.2, -0.15) is 0 Å². The number of hydrogen-bond donors (Lipinski definition) is 0. The Morgan fingerprint density at radius 1 is 1.07 bits per heavy atom. The van der Waals surface area contributed by atoms with Crippen LogP contribution in [0, 0.1) is 13.8 Å². The molecule has 30 heavy (non-hydrogen) atoms. The van der Waals surface area contributed by atoms with Crippen LogP contribution in [0.4, 0.5) is 0 Å². The van der Waals surface area contributed by atoms with E-state index in [0.717, 1.165) is 60.6 Å². The van der Waals surface area contributed by atoms with Crippen molar-refractivity contribution in [3.8, 4) is 0 Å². The number of aromatic nitrogens is 3. The number of nitrogens with zero attached hydrogens (tertiary/aromatic N) is 4. The van der Waals surface area contributed by atoms with Crippen LogP contribution in [0.1, 0.15) is 76.8 Å². The van der Waals surface area contributed by atoms with Crippen molar-refractivity contribution in [2.75, 3.05) is 6.54 Å². The number of hydrogen-bond acceptors (Lipinski definition) is 5. The minimum absolute atomic E-state index is 0.0148. The molecule has 1 saturated heterocycles. The van der Waals surface area contributed by atoms with Crippen molar-refractivity contribution in [2.24, 2.45) is 0 Å². The number of para-hydroxylation sites is 1. The van der Waals surface area contributed by atoms with Crippen LogP contribution in [0.3, 0.4) is 0 Å². The Hall–Kier alpha value is -2.54. The highest BCUT2D eigenvalue weighted by Gasteiger charge is 2.37. The van der Waals surface area contributed by atoms with Gasteiger partial charge in [0.2, 0.25) is 0 Å². The molecule has 1 atom stereocenters. The predicted octanol–water partition coefficient (Wildman–Crippen LogP) is 4.56. The Kier molecular flexibility index (Phi) is 4.93. The van der Waals surface area contributed by atoms with Crippen LogP contribution in [-0.4, -0.2) is 31.9 Å². The minimum atomic E-state index is -0.169.